The van der Waals surface area contributed by atoms with Gasteiger partial charge in [0.25, 0.3) is 0 Å². The molecule has 0 saturated heterocycles. The van der Waals surface area contributed by atoms with Crippen molar-refractivity contribution >= 4 is 35.0 Å². The van der Waals surface area contributed by atoms with Crippen LogP contribution in [-0.2, 0) is 24.7 Å². The van der Waals surface area contributed by atoms with Crippen molar-refractivity contribution in [1.82, 2.24) is 25.4 Å². The Morgan fingerprint density at radius 3 is 2.79 bits per heavy atom. The van der Waals surface area contributed by atoms with Crippen molar-refractivity contribution in [1.29, 1.82) is 0 Å². The highest BCUT2D eigenvalue weighted by Crippen LogP contribution is 2.42. The number of fused-ring (bicyclic) bond motifs is 1. The molecule has 0 radical (unpaired) electrons. The van der Waals surface area contributed by atoms with E-state index < -0.39 is 6.03 Å². The summed E-state index contributed by atoms with van der Waals surface area (Å²) in [6, 6.07) is 1.75. The number of imide groups is 1. The third-order valence-electron chi connectivity index (χ3n) is 5.18. The highest BCUT2D eigenvalue weighted by Gasteiger charge is 2.30. The van der Waals surface area contributed by atoms with E-state index in [1.165, 1.54) is 35.7 Å². The lowest BCUT2D eigenvalue weighted by molar-refractivity contribution is -0.117. The van der Waals surface area contributed by atoms with E-state index in [4.69, 9.17) is 0 Å². The highest BCUT2D eigenvalue weighted by molar-refractivity contribution is 7.99. The smallest absolute Gasteiger partial charge is 0.321 e. The third kappa shape index (κ3) is 4.57. The van der Waals surface area contributed by atoms with Gasteiger partial charge in [-0.05, 0) is 42.2 Å². The van der Waals surface area contributed by atoms with Gasteiger partial charge >= 0.3 is 6.03 Å². The van der Waals surface area contributed by atoms with Gasteiger partial charge in [0.1, 0.15) is 0 Å². The maximum Gasteiger partial charge on any atom is 0.321 e. The molecular weight excluding hydrogens is 394 g/mol. The molecule has 1 aliphatic carbocycles. The average molecular weight is 422 g/mol. The Kier molecular flexibility index (Phi) is 6.14. The molecule has 7 nitrogen and oxygen atoms in total. The minimum Gasteiger partial charge on any atom is -0.341 e. The molecule has 0 spiro atoms. The van der Waals surface area contributed by atoms with E-state index in [9.17, 15) is 9.59 Å². The molecule has 0 aliphatic heterocycles. The monoisotopic (exact) mass is 421 g/mol. The van der Waals surface area contributed by atoms with E-state index in [0.717, 1.165) is 23.5 Å². The lowest BCUT2D eigenvalue weighted by Crippen LogP contribution is -2.38. The summed E-state index contributed by atoms with van der Waals surface area (Å²) in [5.74, 6) is 1.26. The lowest BCUT2D eigenvalue weighted by atomic mass is 9.72. The van der Waals surface area contributed by atoms with Crippen LogP contribution in [0.5, 0.6) is 0 Å². The molecule has 152 valence electrons. The number of nitrogens with zero attached hydrogens (tertiary/aromatic N) is 3. The first-order chi connectivity index (χ1) is 13.2. The van der Waals surface area contributed by atoms with Gasteiger partial charge < -0.3 is 9.88 Å². The fourth-order valence-corrected chi connectivity index (χ4v) is 5.32. The van der Waals surface area contributed by atoms with Crippen molar-refractivity contribution in [2.75, 3.05) is 12.8 Å². The van der Waals surface area contributed by atoms with Crippen LogP contribution in [0, 0.1) is 11.3 Å². The Balaban J connectivity index is 1.70. The molecule has 0 saturated carbocycles. The number of hydrogen-bond acceptors (Lipinski definition) is 6. The van der Waals surface area contributed by atoms with E-state index in [2.05, 4.69) is 47.7 Å². The summed E-state index contributed by atoms with van der Waals surface area (Å²) in [5.41, 5.74) is 1.76. The SMILES string of the molecule is CNC(=O)NC(=O)CSc1nnc(-c2cc3c(s2)CCC(C(C)(C)C)C3)n1C. The second kappa shape index (κ2) is 8.24. The summed E-state index contributed by atoms with van der Waals surface area (Å²) in [4.78, 5) is 25.5. The topological polar surface area (TPSA) is 88.9 Å². The predicted molar refractivity (Wildman–Crippen MR) is 113 cm³/mol. The van der Waals surface area contributed by atoms with Crippen molar-refractivity contribution in [3.8, 4) is 10.7 Å². The van der Waals surface area contributed by atoms with Crippen LogP contribution in [0.25, 0.3) is 10.7 Å². The number of nitrogens with one attached hydrogen (secondary N) is 2. The molecule has 0 bridgehead atoms. The first kappa shape index (κ1) is 20.9. The van der Waals surface area contributed by atoms with Crippen LogP contribution in [0.1, 0.15) is 37.6 Å². The molecule has 2 aromatic rings. The average Bonchev–Trinajstić information content (AvgIpc) is 3.21. The van der Waals surface area contributed by atoms with Gasteiger partial charge in [0.05, 0.1) is 10.6 Å². The number of urea groups is 1. The first-order valence-electron chi connectivity index (χ1n) is 9.34. The Bertz CT molecular complexity index is 882. The van der Waals surface area contributed by atoms with Crippen molar-refractivity contribution in [2.45, 2.75) is 45.2 Å². The van der Waals surface area contributed by atoms with Crippen LogP contribution < -0.4 is 10.6 Å². The van der Waals surface area contributed by atoms with Crippen molar-refractivity contribution in [3.05, 3.63) is 16.5 Å². The molecular formula is C19H27N5O2S2. The Morgan fingerprint density at radius 1 is 1.36 bits per heavy atom. The summed E-state index contributed by atoms with van der Waals surface area (Å²) >= 11 is 3.06. The van der Waals surface area contributed by atoms with Gasteiger partial charge in [-0.25, -0.2) is 4.79 Å². The fourth-order valence-electron chi connectivity index (χ4n) is 3.38. The molecule has 0 aromatic carbocycles. The van der Waals surface area contributed by atoms with Crippen LogP contribution in [0.3, 0.4) is 0 Å². The molecule has 3 amide bonds. The number of rotatable bonds is 4. The van der Waals surface area contributed by atoms with E-state index in [-0.39, 0.29) is 11.7 Å². The molecule has 2 N–H and O–H groups in total. The summed E-state index contributed by atoms with van der Waals surface area (Å²) in [6.45, 7) is 6.97. The molecule has 2 aromatic heterocycles. The number of aryl methyl sites for hydroxylation is 1. The van der Waals surface area contributed by atoms with E-state index in [0.29, 0.717) is 16.5 Å². The second-order valence-corrected chi connectivity index (χ2v) is 10.2. The maximum absolute atomic E-state index is 11.8. The number of thioether (sulfide) groups is 1. The number of amides is 3. The Labute approximate surface area is 173 Å². The van der Waals surface area contributed by atoms with Gasteiger partial charge in [-0.1, -0.05) is 32.5 Å². The third-order valence-corrected chi connectivity index (χ3v) is 7.43. The van der Waals surface area contributed by atoms with Crippen LogP contribution >= 0.6 is 23.1 Å². The molecule has 3 rings (SSSR count). The molecule has 1 atom stereocenters. The zero-order chi connectivity index (χ0) is 20.5. The fraction of sp³-hybridized carbons (Fsp3) is 0.579. The highest BCUT2D eigenvalue weighted by atomic mass is 32.2. The zero-order valence-corrected chi connectivity index (χ0v) is 18.6. The Morgan fingerprint density at radius 2 is 2.11 bits per heavy atom. The maximum atomic E-state index is 11.8. The second-order valence-electron chi connectivity index (χ2n) is 8.15. The van der Waals surface area contributed by atoms with Gasteiger partial charge in [-0.15, -0.1) is 21.5 Å². The van der Waals surface area contributed by atoms with E-state index in [1.54, 1.807) is 11.3 Å². The lowest BCUT2D eigenvalue weighted by Gasteiger charge is -2.33. The van der Waals surface area contributed by atoms with E-state index in [1.807, 2.05) is 11.6 Å². The van der Waals surface area contributed by atoms with Crippen LogP contribution in [-0.4, -0.2) is 39.5 Å². The quantitative estimate of drug-likeness (QED) is 0.740. The number of carbonyl (C=O) groups is 2. The number of hydrogen-bond donors (Lipinski definition) is 2. The van der Waals surface area contributed by atoms with Gasteiger partial charge in [0.15, 0.2) is 11.0 Å². The Hall–Kier alpha value is -1.87. The van der Waals surface area contributed by atoms with Crippen molar-refractivity contribution in [2.24, 2.45) is 18.4 Å². The number of aromatic nitrogens is 3. The number of thiophene rings is 1. The van der Waals surface area contributed by atoms with Crippen LogP contribution in [0.2, 0.25) is 0 Å². The van der Waals surface area contributed by atoms with Gasteiger partial charge in [0, 0.05) is 19.0 Å². The summed E-state index contributed by atoms with van der Waals surface area (Å²) in [5, 5.41) is 13.8. The minimum absolute atomic E-state index is 0.105. The van der Waals surface area contributed by atoms with Gasteiger partial charge in [0.2, 0.25) is 5.91 Å². The zero-order valence-electron chi connectivity index (χ0n) is 17.0. The number of carbonyl (C=O) groups excluding carboxylic acids is 2. The normalized spacial score (nSPS) is 16.5. The summed E-state index contributed by atoms with van der Waals surface area (Å²) < 4.78 is 1.91. The molecule has 0 fully saturated rings. The van der Waals surface area contributed by atoms with Crippen molar-refractivity contribution < 1.29 is 9.59 Å². The predicted octanol–water partition coefficient (Wildman–Crippen LogP) is 3.24. The molecule has 1 unspecified atom stereocenters. The largest absolute Gasteiger partial charge is 0.341 e. The molecule has 2 heterocycles. The molecule has 9 heteroatoms. The molecule has 28 heavy (non-hydrogen) atoms. The van der Waals surface area contributed by atoms with E-state index >= 15 is 0 Å². The van der Waals surface area contributed by atoms with Crippen molar-refractivity contribution in [3.63, 3.8) is 0 Å². The van der Waals surface area contributed by atoms with Crippen LogP contribution in [0.15, 0.2) is 11.2 Å². The van der Waals surface area contributed by atoms with Gasteiger partial charge in [-0.2, -0.15) is 0 Å². The first-order valence-corrected chi connectivity index (χ1v) is 11.1. The summed E-state index contributed by atoms with van der Waals surface area (Å²) in [6.07, 6.45) is 3.48. The van der Waals surface area contributed by atoms with Crippen LogP contribution in [0.4, 0.5) is 4.79 Å². The van der Waals surface area contributed by atoms with Gasteiger partial charge in [-0.3, -0.25) is 10.1 Å². The summed E-state index contributed by atoms with van der Waals surface area (Å²) in [7, 11) is 3.38. The standard InChI is InChI=1S/C19H27N5O2S2/c1-19(2,3)12-6-7-13-11(8-12)9-14(28-13)16-22-23-18(24(16)5)27-10-15(25)21-17(26)20-4/h9,12H,6-8,10H2,1-5H3,(H2,20,21,25,26). The minimum atomic E-state index is -0.512. The molecule has 1 aliphatic rings.